The highest BCUT2D eigenvalue weighted by molar-refractivity contribution is 7.88. The first kappa shape index (κ1) is 58.0. The number of carbonyl (C=O) groups is 3. The molecular formula is C62H78N6O9S. The van der Waals surface area contributed by atoms with Crippen molar-refractivity contribution in [3.63, 3.8) is 0 Å². The minimum absolute atomic E-state index is 0. The maximum absolute atomic E-state index is 13.9. The molecule has 4 aliphatic rings. The number of benzene rings is 2. The van der Waals surface area contributed by atoms with Gasteiger partial charge < -0.3 is 23.5 Å². The molecule has 2 aliphatic heterocycles. The van der Waals surface area contributed by atoms with Gasteiger partial charge in [0.1, 0.15) is 0 Å². The topological polar surface area (TPSA) is 180 Å². The monoisotopic (exact) mass is 1080 g/mol. The Labute approximate surface area is 459 Å². The maximum atomic E-state index is 13.9. The quantitative estimate of drug-likeness (QED) is 0.0954. The fourth-order valence-corrected chi connectivity index (χ4v) is 14.0. The highest BCUT2D eigenvalue weighted by atomic mass is 32.2. The van der Waals surface area contributed by atoms with E-state index in [0.29, 0.717) is 105 Å². The Kier molecular flexibility index (Phi) is 16.5. The molecule has 6 heterocycles. The summed E-state index contributed by atoms with van der Waals surface area (Å²) in [6.07, 6.45) is 4.37. The van der Waals surface area contributed by atoms with E-state index in [9.17, 15) is 32.4 Å². The van der Waals surface area contributed by atoms with Gasteiger partial charge in [0.15, 0.2) is 22.8 Å². The number of rotatable bonds is 15. The second-order valence-corrected chi connectivity index (χ2v) is 24.2. The summed E-state index contributed by atoms with van der Waals surface area (Å²) in [4.78, 5) is 78.7. The molecule has 0 unspecified atom stereocenters. The van der Waals surface area contributed by atoms with Gasteiger partial charge in [-0.25, -0.2) is 18.4 Å². The van der Waals surface area contributed by atoms with Gasteiger partial charge >= 0.3 is 0 Å². The number of hydrogen-bond acceptors (Lipinski definition) is 11. The average Bonchev–Trinajstić information content (AvgIpc) is 4.07. The van der Waals surface area contributed by atoms with E-state index in [4.69, 9.17) is 19.4 Å². The van der Waals surface area contributed by atoms with Gasteiger partial charge in [0.25, 0.3) is 11.1 Å². The lowest BCUT2D eigenvalue weighted by Gasteiger charge is -2.38. The highest BCUT2D eigenvalue weighted by Crippen LogP contribution is 2.45. The second kappa shape index (κ2) is 22.1. The number of para-hydroxylation sites is 2. The van der Waals surface area contributed by atoms with Gasteiger partial charge in [-0.15, -0.1) is 0 Å². The molecule has 0 N–H and O–H groups in total. The summed E-state index contributed by atoms with van der Waals surface area (Å²) in [6, 6.07) is 19.7. The van der Waals surface area contributed by atoms with Gasteiger partial charge in [-0.3, -0.25) is 24.0 Å². The molecule has 78 heavy (non-hydrogen) atoms. The van der Waals surface area contributed by atoms with Crippen molar-refractivity contribution in [3.8, 4) is 22.8 Å². The molecule has 416 valence electrons. The number of hydrogen-bond donors (Lipinski definition) is 0. The van der Waals surface area contributed by atoms with Crippen LogP contribution < -0.4 is 11.1 Å². The van der Waals surface area contributed by atoms with Crippen LogP contribution in [0.4, 0.5) is 0 Å². The SMILES string of the molecule is C.CC[C@@]1(OC(C)C)C(=O)CCc2c1cc1n(c2=O)Cc2c-1nc1ccccc1c2CCN(C(C)=O)C(C)C.CC[C@@]1(OC(C)C)C(=O)CCc2c1cc1n(c2=O)Cc2c-1nc1ccccc1c2CCN(C(C)C)S(C)(=O)=O. The summed E-state index contributed by atoms with van der Waals surface area (Å²) in [6.45, 7) is 22.7. The molecule has 0 spiro atoms. The molecule has 1 amide bonds. The summed E-state index contributed by atoms with van der Waals surface area (Å²) >= 11 is 0. The molecule has 10 rings (SSSR count). The number of sulfonamides is 1. The predicted octanol–water partition coefficient (Wildman–Crippen LogP) is 9.59. The van der Waals surface area contributed by atoms with Gasteiger partial charge in [-0.2, -0.15) is 4.31 Å². The van der Waals surface area contributed by atoms with Crippen molar-refractivity contribution in [2.75, 3.05) is 19.3 Å². The number of pyridine rings is 4. The molecule has 2 aliphatic carbocycles. The first-order valence-corrected chi connectivity index (χ1v) is 29.3. The Morgan fingerprint density at radius 2 is 1.04 bits per heavy atom. The minimum Gasteiger partial charge on any atom is -0.360 e. The summed E-state index contributed by atoms with van der Waals surface area (Å²) in [7, 11) is -3.39. The summed E-state index contributed by atoms with van der Waals surface area (Å²) in [5.41, 5.74) is 8.91. The van der Waals surface area contributed by atoms with E-state index in [2.05, 4.69) is 6.07 Å². The maximum Gasteiger partial charge on any atom is 0.254 e. The Morgan fingerprint density at radius 1 is 0.628 bits per heavy atom. The van der Waals surface area contributed by atoms with Crippen LogP contribution in [0.15, 0.2) is 70.3 Å². The van der Waals surface area contributed by atoms with Crippen molar-refractivity contribution in [2.24, 2.45) is 0 Å². The molecule has 15 nitrogen and oxygen atoms in total. The number of amides is 1. The van der Waals surface area contributed by atoms with E-state index < -0.39 is 21.2 Å². The van der Waals surface area contributed by atoms with Gasteiger partial charge in [0.2, 0.25) is 15.9 Å². The van der Waals surface area contributed by atoms with Gasteiger partial charge in [0, 0.05) is 89.1 Å². The fourth-order valence-electron chi connectivity index (χ4n) is 12.8. The van der Waals surface area contributed by atoms with Crippen molar-refractivity contribution in [2.45, 2.75) is 184 Å². The third-order valence-electron chi connectivity index (χ3n) is 16.2. The molecule has 0 fully saturated rings. The van der Waals surface area contributed by atoms with Gasteiger partial charge in [-0.05, 0) is 129 Å². The second-order valence-electron chi connectivity index (χ2n) is 22.3. The van der Waals surface area contributed by atoms with Crippen molar-refractivity contribution in [1.29, 1.82) is 0 Å². The Morgan fingerprint density at radius 3 is 1.40 bits per heavy atom. The first-order valence-electron chi connectivity index (χ1n) is 27.5. The summed E-state index contributed by atoms with van der Waals surface area (Å²) in [5.74, 6) is 0.0948. The van der Waals surface area contributed by atoms with Crippen LogP contribution in [0.3, 0.4) is 0 Å². The van der Waals surface area contributed by atoms with E-state index in [-0.39, 0.29) is 66.7 Å². The molecule has 2 atom stereocenters. The molecule has 0 radical (unpaired) electrons. The van der Waals surface area contributed by atoms with Crippen molar-refractivity contribution in [3.05, 3.63) is 126 Å². The van der Waals surface area contributed by atoms with Gasteiger partial charge in [-0.1, -0.05) is 57.7 Å². The molecule has 0 saturated heterocycles. The number of ether oxygens (including phenoxy) is 2. The van der Waals surface area contributed by atoms with Crippen molar-refractivity contribution >= 4 is 49.3 Å². The Bertz CT molecular complexity index is 3620. The normalized spacial score (nSPS) is 18.2. The first-order chi connectivity index (χ1) is 36.5. The molecular weight excluding hydrogens is 1000 g/mol. The zero-order valence-electron chi connectivity index (χ0n) is 46.8. The zero-order valence-corrected chi connectivity index (χ0v) is 47.7. The Balaban J connectivity index is 0.000000203. The van der Waals surface area contributed by atoms with Crippen molar-refractivity contribution in [1.82, 2.24) is 28.3 Å². The lowest BCUT2D eigenvalue weighted by Crippen LogP contribution is -2.46. The number of aromatic nitrogens is 4. The van der Waals surface area contributed by atoms with Crippen molar-refractivity contribution < 1.29 is 32.3 Å². The molecule has 16 heteroatoms. The van der Waals surface area contributed by atoms with Gasteiger partial charge in [0.05, 0.1) is 65.4 Å². The van der Waals surface area contributed by atoms with E-state index in [0.717, 1.165) is 55.4 Å². The lowest BCUT2D eigenvalue weighted by atomic mass is 9.76. The number of Topliss-reactive ketones (excluding diaryl/α,β-unsaturated/α-hetero) is 2. The number of fused-ring (bicyclic) bond motifs is 10. The van der Waals surface area contributed by atoms with E-state index in [1.165, 1.54) is 10.6 Å². The molecule has 0 bridgehead atoms. The molecule has 4 aromatic heterocycles. The zero-order chi connectivity index (χ0) is 55.6. The summed E-state index contributed by atoms with van der Waals surface area (Å²) in [5, 5.41) is 2.01. The third-order valence-corrected chi connectivity index (χ3v) is 17.7. The van der Waals surface area contributed by atoms with Crippen LogP contribution in [0.5, 0.6) is 0 Å². The van der Waals surface area contributed by atoms with E-state index in [1.54, 1.807) is 11.5 Å². The van der Waals surface area contributed by atoms with Crippen LogP contribution >= 0.6 is 0 Å². The summed E-state index contributed by atoms with van der Waals surface area (Å²) < 4.78 is 42.7. The number of ketones is 2. The number of nitrogens with zero attached hydrogens (tertiary/aromatic N) is 6. The standard InChI is InChI=1S/C31H37N3O4.C30H37N3O5S.CH4/c1-7-31(38-19(4)5)25-16-27-29-24(17-34(27)30(37)23(25)12-13-28(31)36)21(14-15-33(18(2)3)20(6)35)22-10-8-9-11-26(22)32-29;1-7-30(38-19(4)5)24-16-26-28-23(17-32(26)29(35)22(24)12-13-27(30)34)20(21-10-8-9-11-25(21)31-28)14-15-33(18(2)3)39(6,36)37;/h8-11,16,18-19H,7,12-15,17H2,1-6H3;8-11,16,18-19H,7,12-15,17H2,1-6H3;1H4/t31-;30-;/m00./s1. The lowest BCUT2D eigenvalue weighted by molar-refractivity contribution is -0.155. The van der Waals surface area contributed by atoms with Crippen LogP contribution in [0.2, 0.25) is 0 Å². The van der Waals surface area contributed by atoms with E-state index >= 15 is 0 Å². The third kappa shape index (κ3) is 10.00. The van der Waals surface area contributed by atoms with Crippen LogP contribution in [-0.4, -0.2) is 97.8 Å². The van der Waals surface area contributed by atoms with Crippen LogP contribution in [0, 0.1) is 0 Å². The van der Waals surface area contributed by atoms with E-state index in [1.807, 2.05) is 133 Å². The predicted molar refractivity (Wildman–Crippen MR) is 307 cm³/mol. The highest BCUT2D eigenvalue weighted by Gasteiger charge is 2.48. The average molecular weight is 1080 g/mol. The smallest absolute Gasteiger partial charge is 0.254 e. The molecule has 0 saturated carbocycles. The fraction of sp³-hybridized carbons (Fsp3) is 0.500. The number of carbonyl (C=O) groups excluding carboxylic acids is 3. The van der Waals surface area contributed by atoms with Crippen LogP contribution in [0.25, 0.3) is 44.6 Å². The largest absolute Gasteiger partial charge is 0.360 e. The molecule has 6 aromatic rings. The Hall–Kier alpha value is -6.20. The minimum atomic E-state index is -3.39. The van der Waals surface area contributed by atoms with Crippen LogP contribution in [-0.2, 0) is 83.9 Å². The molecule has 2 aromatic carbocycles. The van der Waals surface area contributed by atoms with Crippen LogP contribution in [0.1, 0.15) is 154 Å².